The summed E-state index contributed by atoms with van der Waals surface area (Å²) in [5.74, 6) is 0. The maximum absolute atomic E-state index is 8.58. The summed E-state index contributed by atoms with van der Waals surface area (Å²) in [6, 6.07) is 9.13. The van der Waals surface area contributed by atoms with E-state index in [-0.39, 0.29) is 0 Å². The van der Waals surface area contributed by atoms with Gasteiger partial charge in [-0.1, -0.05) is 12.1 Å². The quantitative estimate of drug-likeness (QED) is 0.736. The zero-order valence-corrected chi connectivity index (χ0v) is 7.86. The second kappa shape index (κ2) is 3.92. The predicted octanol–water partition coefficient (Wildman–Crippen LogP) is 1.28. The fraction of sp³-hybridized carbons (Fsp3) is 0.300. The van der Waals surface area contributed by atoms with Crippen molar-refractivity contribution in [1.82, 2.24) is 0 Å². The van der Waals surface area contributed by atoms with Gasteiger partial charge in [0.2, 0.25) is 0 Å². The number of anilines is 1. The van der Waals surface area contributed by atoms with Crippen molar-refractivity contribution in [1.29, 1.82) is 5.26 Å². The van der Waals surface area contributed by atoms with Gasteiger partial charge in [-0.15, -0.1) is 0 Å². The molecule has 3 heteroatoms. The second-order valence-electron chi connectivity index (χ2n) is 3.09. The molecule has 1 aromatic carbocycles. The van der Waals surface area contributed by atoms with Crippen LogP contribution in [0.2, 0.25) is 0 Å². The highest BCUT2D eigenvalue weighted by Gasteiger charge is 2.03. The largest absolute Gasteiger partial charge is 0.378 e. The van der Waals surface area contributed by atoms with Crippen molar-refractivity contribution >= 4 is 5.69 Å². The monoisotopic (exact) mass is 175 g/mol. The molecule has 1 rings (SSSR count). The highest BCUT2D eigenvalue weighted by atomic mass is 15.1. The fourth-order valence-corrected chi connectivity index (χ4v) is 1.05. The Balaban J connectivity index is 2.89. The molecule has 1 atom stereocenters. The lowest BCUT2D eigenvalue weighted by molar-refractivity contribution is 0.925. The molecule has 0 saturated heterocycles. The minimum absolute atomic E-state index is 0.517. The molecule has 0 aromatic heterocycles. The molecule has 0 radical (unpaired) electrons. The predicted molar refractivity (Wildman–Crippen MR) is 53.3 cm³/mol. The van der Waals surface area contributed by atoms with Crippen molar-refractivity contribution < 1.29 is 0 Å². The van der Waals surface area contributed by atoms with Gasteiger partial charge in [-0.3, -0.25) is 0 Å². The van der Waals surface area contributed by atoms with Crippen LogP contribution in [0.4, 0.5) is 5.69 Å². The molecule has 0 amide bonds. The Labute approximate surface area is 78.4 Å². The molecule has 0 spiro atoms. The summed E-state index contributed by atoms with van der Waals surface area (Å²) in [6.45, 7) is 0. The maximum Gasteiger partial charge on any atom is 0.118 e. The topological polar surface area (TPSA) is 53.0 Å². The van der Waals surface area contributed by atoms with Crippen molar-refractivity contribution in [3.05, 3.63) is 29.8 Å². The molecule has 0 aliphatic rings. The molecule has 3 nitrogen and oxygen atoms in total. The molecule has 68 valence electrons. The summed E-state index contributed by atoms with van der Waals surface area (Å²) in [5, 5.41) is 8.58. The number of hydrogen-bond donors (Lipinski definition) is 1. The van der Waals surface area contributed by atoms with E-state index in [2.05, 4.69) is 0 Å². The molecule has 0 fully saturated rings. The second-order valence-corrected chi connectivity index (χ2v) is 3.09. The van der Waals surface area contributed by atoms with E-state index >= 15 is 0 Å². The molecule has 0 bridgehead atoms. The average Bonchev–Trinajstić information content (AvgIpc) is 2.17. The lowest BCUT2D eigenvalue weighted by Crippen LogP contribution is -2.10. The van der Waals surface area contributed by atoms with E-state index in [4.69, 9.17) is 11.0 Å². The van der Waals surface area contributed by atoms with Gasteiger partial charge in [0.1, 0.15) is 6.04 Å². The van der Waals surface area contributed by atoms with Crippen LogP contribution in [0.1, 0.15) is 11.6 Å². The highest BCUT2D eigenvalue weighted by molar-refractivity contribution is 5.46. The van der Waals surface area contributed by atoms with E-state index in [1.807, 2.05) is 49.3 Å². The molecule has 13 heavy (non-hydrogen) atoms. The van der Waals surface area contributed by atoms with Crippen LogP contribution in [0.25, 0.3) is 0 Å². The zero-order valence-electron chi connectivity index (χ0n) is 7.86. The number of nitrogens with two attached hydrogens (primary N) is 1. The van der Waals surface area contributed by atoms with Gasteiger partial charge in [-0.25, -0.2) is 0 Å². The molecule has 0 aliphatic carbocycles. The number of rotatable bonds is 2. The van der Waals surface area contributed by atoms with Crippen LogP contribution in [0, 0.1) is 11.3 Å². The Morgan fingerprint density at radius 3 is 2.23 bits per heavy atom. The Hall–Kier alpha value is -1.53. The summed E-state index contributed by atoms with van der Waals surface area (Å²) in [6.07, 6.45) is 0. The standard InChI is InChI=1S/C10H13N3/c1-13(2)9-5-3-8(4-6-9)10(12)7-11/h3-6,10H,12H2,1-2H3/t10-/m1/s1. The number of benzene rings is 1. The number of nitriles is 1. The summed E-state index contributed by atoms with van der Waals surface area (Å²) in [5.41, 5.74) is 7.51. The van der Waals surface area contributed by atoms with Crippen LogP contribution in [0.3, 0.4) is 0 Å². The SMILES string of the molecule is CN(C)c1ccc([C@H](N)C#N)cc1. The average molecular weight is 175 g/mol. The van der Waals surface area contributed by atoms with Gasteiger partial charge < -0.3 is 10.6 Å². The summed E-state index contributed by atoms with van der Waals surface area (Å²) in [4.78, 5) is 2.00. The lowest BCUT2D eigenvalue weighted by Gasteiger charge is -2.12. The third-order valence-corrected chi connectivity index (χ3v) is 1.91. The Kier molecular flexibility index (Phi) is 2.88. The van der Waals surface area contributed by atoms with Crippen LogP contribution in [0.15, 0.2) is 24.3 Å². The van der Waals surface area contributed by atoms with Crippen LogP contribution in [-0.2, 0) is 0 Å². The van der Waals surface area contributed by atoms with Gasteiger partial charge in [0.15, 0.2) is 0 Å². The minimum atomic E-state index is -0.517. The molecular weight excluding hydrogens is 162 g/mol. The Morgan fingerprint density at radius 1 is 1.31 bits per heavy atom. The highest BCUT2D eigenvalue weighted by Crippen LogP contribution is 2.15. The molecule has 0 saturated carbocycles. The van der Waals surface area contributed by atoms with Crippen molar-refractivity contribution in [3.63, 3.8) is 0 Å². The lowest BCUT2D eigenvalue weighted by atomic mass is 10.1. The van der Waals surface area contributed by atoms with E-state index in [0.29, 0.717) is 0 Å². The zero-order chi connectivity index (χ0) is 9.84. The first-order valence-electron chi connectivity index (χ1n) is 4.07. The van der Waals surface area contributed by atoms with Crippen LogP contribution in [0.5, 0.6) is 0 Å². The molecule has 2 N–H and O–H groups in total. The maximum atomic E-state index is 8.58. The van der Waals surface area contributed by atoms with Crippen LogP contribution >= 0.6 is 0 Å². The first-order chi connectivity index (χ1) is 6.15. The van der Waals surface area contributed by atoms with Gasteiger partial charge in [0, 0.05) is 19.8 Å². The van der Waals surface area contributed by atoms with Crippen LogP contribution in [-0.4, -0.2) is 14.1 Å². The normalized spacial score (nSPS) is 11.8. The molecular formula is C10H13N3. The van der Waals surface area contributed by atoms with Crippen molar-refractivity contribution in [2.75, 3.05) is 19.0 Å². The minimum Gasteiger partial charge on any atom is -0.378 e. The smallest absolute Gasteiger partial charge is 0.118 e. The van der Waals surface area contributed by atoms with Gasteiger partial charge in [-0.05, 0) is 17.7 Å². The van der Waals surface area contributed by atoms with Crippen molar-refractivity contribution in [3.8, 4) is 6.07 Å². The first-order valence-corrected chi connectivity index (χ1v) is 4.07. The summed E-state index contributed by atoms with van der Waals surface area (Å²) >= 11 is 0. The van der Waals surface area contributed by atoms with Gasteiger partial charge in [0.25, 0.3) is 0 Å². The van der Waals surface area contributed by atoms with Gasteiger partial charge >= 0.3 is 0 Å². The Bertz CT molecular complexity index is 308. The third kappa shape index (κ3) is 2.20. The summed E-state index contributed by atoms with van der Waals surface area (Å²) in [7, 11) is 3.94. The summed E-state index contributed by atoms with van der Waals surface area (Å²) < 4.78 is 0. The van der Waals surface area contributed by atoms with E-state index in [1.165, 1.54) is 0 Å². The molecule has 1 aromatic rings. The van der Waals surface area contributed by atoms with Gasteiger partial charge in [-0.2, -0.15) is 5.26 Å². The van der Waals surface area contributed by atoms with Crippen LogP contribution < -0.4 is 10.6 Å². The molecule has 0 unspecified atom stereocenters. The first kappa shape index (κ1) is 9.56. The third-order valence-electron chi connectivity index (χ3n) is 1.91. The number of hydrogen-bond acceptors (Lipinski definition) is 3. The van der Waals surface area contributed by atoms with Crippen molar-refractivity contribution in [2.24, 2.45) is 5.73 Å². The van der Waals surface area contributed by atoms with E-state index < -0.39 is 6.04 Å². The Morgan fingerprint density at radius 2 is 1.85 bits per heavy atom. The van der Waals surface area contributed by atoms with E-state index in [9.17, 15) is 0 Å². The van der Waals surface area contributed by atoms with Crippen molar-refractivity contribution in [2.45, 2.75) is 6.04 Å². The number of nitrogens with zero attached hydrogens (tertiary/aromatic N) is 2. The van der Waals surface area contributed by atoms with Gasteiger partial charge in [0.05, 0.1) is 6.07 Å². The van der Waals surface area contributed by atoms with E-state index in [0.717, 1.165) is 11.3 Å². The molecule has 0 aliphatic heterocycles. The van der Waals surface area contributed by atoms with E-state index in [1.54, 1.807) is 0 Å². The molecule has 0 heterocycles. The fourth-order valence-electron chi connectivity index (χ4n) is 1.05.